The number of rotatable bonds is 1. The van der Waals surface area contributed by atoms with Crippen LogP contribution in [0.15, 0.2) is 42.0 Å². The average molecular weight is 383 g/mol. The van der Waals surface area contributed by atoms with Crippen LogP contribution in [0.25, 0.3) is 5.57 Å². The zero-order valence-corrected chi connectivity index (χ0v) is 17.4. The highest BCUT2D eigenvalue weighted by atomic mass is 16.1. The molecule has 29 heavy (non-hydrogen) atoms. The van der Waals surface area contributed by atoms with Gasteiger partial charge in [-0.05, 0) is 85.3 Å². The fourth-order valence-corrected chi connectivity index (χ4v) is 5.46. The second-order valence-corrected chi connectivity index (χ2v) is 9.35. The topological polar surface area (TPSA) is 44.1 Å². The van der Waals surface area contributed by atoms with Crippen molar-refractivity contribution in [3.63, 3.8) is 0 Å². The molecule has 1 fully saturated rings. The first-order valence-corrected chi connectivity index (χ1v) is 10.5. The van der Waals surface area contributed by atoms with Gasteiger partial charge in [-0.15, -0.1) is 0 Å². The number of hydrogen-bond donors (Lipinski definition) is 0. The van der Waals surface area contributed by atoms with E-state index in [9.17, 15) is 10.1 Å². The van der Waals surface area contributed by atoms with Crippen molar-refractivity contribution in [2.24, 2.45) is 0 Å². The predicted octanol–water partition coefficient (Wildman–Crippen LogP) is 4.85. The van der Waals surface area contributed by atoms with Crippen molar-refractivity contribution in [2.45, 2.75) is 44.4 Å². The highest BCUT2D eigenvalue weighted by Gasteiger charge is 2.43. The molecule has 0 amide bonds. The van der Waals surface area contributed by atoms with Gasteiger partial charge in [0.15, 0.2) is 5.78 Å². The largest absolute Gasteiger partial charge is 0.306 e. The molecule has 2 aromatic carbocycles. The van der Waals surface area contributed by atoms with Gasteiger partial charge in [0, 0.05) is 16.6 Å². The second kappa shape index (κ2) is 6.40. The molecule has 2 aliphatic carbocycles. The molecule has 3 heteroatoms. The number of Topliss-reactive ketones (excluding diaryl/α,β-unsaturated/α-hetero) is 1. The van der Waals surface area contributed by atoms with Crippen LogP contribution in [-0.4, -0.2) is 30.8 Å². The quantitative estimate of drug-likeness (QED) is 0.708. The molecule has 0 unspecified atom stereocenters. The maximum Gasteiger partial charge on any atom is 0.193 e. The van der Waals surface area contributed by atoms with Crippen molar-refractivity contribution < 1.29 is 4.79 Å². The van der Waals surface area contributed by atoms with Gasteiger partial charge >= 0.3 is 0 Å². The monoisotopic (exact) mass is 382 g/mol. The van der Waals surface area contributed by atoms with Crippen molar-refractivity contribution in [1.29, 1.82) is 5.26 Å². The summed E-state index contributed by atoms with van der Waals surface area (Å²) in [6, 6.07) is 14.5. The summed E-state index contributed by atoms with van der Waals surface area (Å²) in [6.45, 7) is 6.78. The van der Waals surface area contributed by atoms with Crippen molar-refractivity contribution in [2.75, 3.05) is 20.1 Å². The molecule has 0 aromatic heterocycles. The molecular formula is C26H26N2O. The molecule has 2 aromatic rings. The molecule has 1 heterocycles. The number of piperidine rings is 1. The van der Waals surface area contributed by atoms with E-state index < -0.39 is 0 Å². The van der Waals surface area contributed by atoms with E-state index in [1.165, 1.54) is 29.5 Å². The average Bonchev–Trinajstić information content (AvgIpc) is 3.12. The number of ketones is 1. The van der Waals surface area contributed by atoms with E-state index in [-0.39, 0.29) is 11.2 Å². The van der Waals surface area contributed by atoms with Crippen molar-refractivity contribution in [3.8, 4) is 6.07 Å². The molecule has 1 saturated heterocycles. The fraction of sp³-hybridized carbons (Fsp3) is 0.385. The van der Waals surface area contributed by atoms with E-state index >= 15 is 0 Å². The van der Waals surface area contributed by atoms with Gasteiger partial charge in [0.25, 0.3) is 0 Å². The number of fused-ring (bicyclic) bond motifs is 3. The van der Waals surface area contributed by atoms with Gasteiger partial charge in [0.1, 0.15) is 0 Å². The lowest BCUT2D eigenvalue weighted by Gasteiger charge is -2.36. The first-order chi connectivity index (χ1) is 13.9. The lowest BCUT2D eigenvalue weighted by Crippen LogP contribution is -2.31. The lowest BCUT2D eigenvalue weighted by atomic mass is 9.67. The number of nitrogens with zero attached hydrogens (tertiary/aromatic N) is 2. The highest BCUT2D eigenvalue weighted by Crippen LogP contribution is 2.50. The number of likely N-dealkylation sites (tertiary alicyclic amines) is 1. The van der Waals surface area contributed by atoms with Gasteiger partial charge in [0.05, 0.1) is 11.6 Å². The predicted molar refractivity (Wildman–Crippen MR) is 115 cm³/mol. The molecule has 146 valence electrons. The summed E-state index contributed by atoms with van der Waals surface area (Å²) in [5.74, 6) is 0.726. The molecule has 1 aliphatic heterocycles. The lowest BCUT2D eigenvalue weighted by molar-refractivity contribution is 0.105. The third-order valence-electron chi connectivity index (χ3n) is 7.31. The molecule has 0 bridgehead atoms. The number of carbonyl (C=O) groups is 1. The third-order valence-corrected chi connectivity index (χ3v) is 7.31. The minimum atomic E-state index is -0.189. The van der Waals surface area contributed by atoms with Crippen LogP contribution < -0.4 is 0 Å². The Hall–Kier alpha value is -2.70. The smallest absolute Gasteiger partial charge is 0.193 e. The Labute approximate surface area is 172 Å². The van der Waals surface area contributed by atoms with Crippen LogP contribution in [0, 0.1) is 11.3 Å². The molecule has 0 spiro atoms. The molecule has 0 atom stereocenters. The van der Waals surface area contributed by atoms with Crippen molar-refractivity contribution >= 4 is 11.4 Å². The summed E-state index contributed by atoms with van der Waals surface area (Å²) in [4.78, 5) is 15.9. The maximum atomic E-state index is 13.5. The van der Waals surface area contributed by atoms with Gasteiger partial charge in [-0.1, -0.05) is 38.1 Å². The minimum Gasteiger partial charge on any atom is -0.306 e. The Balaban J connectivity index is 1.58. The first kappa shape index (κ1) is 18.3. The minimum absolute atomic E-state index is 0.146. The summed E-state index contributed by atoms with van der Waals surface area (Å²) >= 11 is 0. The van der Waals surface area contributed by atoms with Crippen molar-refractivity contribution in [1.82, 2.24) is 4.90 Å². The molecule has 3 aliphatic rings. The van der Waals surface area contributed by atoms with Gasteiger partial charge in [-0.25, -0.2) is 0 Å². The molecule has 5 rings (SSSR count). The molecule has 0 saturated carbocycles. The van der Waals surface area contributed by atoms with Gasteiger partial charge < -0.3 is 4.90 Å². The highest BCUT2D eigenvalue weighted by molar-refractivity contribution is 6.33. The van der Waals surface area contributed by atoms with E-state index in [1.54, 1.807) is 0 Å². The van der Waals surface area contributed by atoms with Crippen LogP contribution >= 0.6 is 0 Å². The van der Waals surface area contributed by atoms with Crippen LogP contribution in [0.2, 0.25) is 0 Å². The number of allylic oxidation sites excluding steroid dienone is 2. The summed E-state index contributed by atoms with van der Waals surface area (Å²) in [5.41, 5.74) is 8.08. The van der Waals surface area contributed by atoms with Crippen molar-refractivity contribution in [3.05, 3.63) is 75.4 Å². The van der Waals surface area contributed by atoms with Crippen LogP contribution in [0.5, 0.6) is 0 Å². The summed E-state index contributed by atoms with van der Waals surface area (Å²) < 4.78 is 0. The zero-order chi connectivity index (χ0) is 20.3. The number of benzene rings is 2. The van der Waals surface area contributed by atoms with Crippen LogP contribution in [0.4, 0.5) is 0 Å². The summed E-state index contributed by atoms with van der Waals surface area (Å²) in [6.07, 6.45) is 3.12. The van der Waals surface area contributed by atoms with Crippen LogP contribution in [-0.2, 0) is 11.8 Å². The molecule has 0 radical (unpaired) electrons. The van der Waals surface area contributed by atoms with Gasteiger partial charge in [0.2, 0.25) is 0 Å². The first-order valence-electron chi connectivity index (χ1n) is 10.5. The maximum absolute atomic E-state index is 13.5. The molecule has 0 N–H and O–H groups in total. The second-order valence-electron chi connectivity index (χ2n) is 9.35. The molecular weight excluding hydrogens is 356 g/mol. The number of carbonyl (C=O) groups excluding carboxylic acids is 1. The van der Waals surface area contributed by atoms with E-state index in [1.807, 2.05) is 18.2 Å². The summed E-state index contributed by atoms with van der Waals surface area (Å²) in [5, 5.41) is 9.26. The normalized spacial score (nSPS) is 20.8. The number of nitriles is 1. The SMILES string of the molecule is CN1CCC(c2ccc3c(c2)C(C)(C)C2=C(C3=O)c3ccc(C#N)cc3C2)CC1. The Morgan fingerprint density at radius 3 is 2.52 bits per heavy atom. The number of hydrogen-bond acceptors (Lipinski definition) is 3. The fourth-order valence-electron chi connectivity index (χ4n) is 5.46. The van der Waals surface area contributed by atoms with E-state index in [4.69, 9.17) is 0 Å². The Morgan fingerprint density at radius 1 is 1.07 bits per heavy atom. The van der Waals surface area contributed by atoms with Gasteiger partial charge in [-0.3, -0.25) is 4.79 Å². The summed E-state index contributed by atoms with van der Waals surface area (Å²) in [7, 11) is 2.19. The Bertz CT molecular complexity index is 1110. The zero-order valence-electron chi connectivity index (χ0n) is 17.4. The third kappa shape index (κ3) is 2.70. The standard InChI is InChI=1S/C26H26N2O/c1-26(2)22-13-18(17-8-10-28(3)11-9-17)5-7-21(22)25(29)24-20-6-4-16(15-27)12-19(20)14-23(24)26/h4-7,12-13,17H,8-11,14H2,1-3H3. The Morgan fingerprint density at radius 2 is 1.79 bits per heavy atom. The van der Waals surface area contributed by atoms with E-state index in [0.717, 1.165) is 41.8 Å². The van der Waals surface area contributed by atoms with E-state index in [2.05, 4.69) is 50.1 Å². The van der Waals surface area contributed by atoms with E-state index in [0.29, 0.717) is 11.5 Å². The Kier molecular flexibility index (Phi) is 4.05. The molecule has 3 nitrogen and oxygen atoms in total. The van der Waals surface area contributed by atoms with Crippen LogP contribution in [0.1, 0.15) is 70.8 Å². The van der Waals surface area contributed by atoms with Gasteiger partial charge in [-0.2, -0.15) is 5.26 Å². The van der Waals surface area contributed by atoms with Crippen LogP contribution in [0.3, 0.4) is 0 Å².